The third kappa shape index (κ3) is 3.02. The molecular formula is C14H12N2O2S2. The molecule has 4 nitrogen and oxygen atoms in total. The summed E-state index contributed by atoms with van der Waals surface area (Å²) in [5, 5.41) is 0. The average Bonchev–Trinajstić information content (AvgIpc) is 2.92. The van der Waals surface area contributed by atoms with Crippen molar-refractivity contribution in [2.75, 3.05) is 12.4 Å². The highest BCUT2D eigenvalue weighted by Crippen LogP contribution is 2.22. The van der Waals surface area contributed by atoms with Gasteiger partial charge in [0.25, 0.3) is 0 Å². The van der Waals surface area contributed by atoms with Gasteiger partial charge in [-0.25, -0.2) is 9.97 Å². The van der Waals surface area contributed by atoms with Crippen LogP contribution in [0.3, 0.4) is 0 Å². The number of pyridine rings is 1. The smallest absolute Gasteiger partial charge is 0.183 e. The molecule has 0 spiro atoms. The highest BCUT2D eigenvalue weighted by Gasteiger charge is 2.11. The molecule has 102 valence electrons. The Hall–Kier alpha value is -1.79. The molecule has 1 aromatic carbocycles. The maximum Gasteiger partial charge on any atom is 0.183 e. The molecule has 0 amide bonds. The first-order chi connectivity index (χ1) is 9.83. The van der Waals surface area contributed by atoms with Crippen molar-refractivity contribution in [1.82, 2.24) is 9.97 Å². The second-order valence-corrected chi connectivity index (χ2v) is 6.79. The Morgan fingerprint density at radius 3 is 2.80 bits per heavy atom. The van der Waals surface area contributed by atoms with Crippen molar-refractivity contribution in [3.8, 4) is 5.75 Å². The lowest BCUT2D eigenvalue weighted by Gasteiger charge is -2.04. The largest absolute Gasteiger partial charge is 0.493 e. The normalized spacial score (nSPS) is 12.4. The third-order valence-corrected chi connectivity index (χ3v) is 5.25. The van der Waals surface area contributed by atoms with E-state index in [1.54, 1.807) is 6.20 Å². The Labute approximate surface area is 122 Å². The van der Waals surface area contributed by atoms with Gasteiger partial charge >= 0.3 is 0 Å². The van der Waals surface area contributed by atoms with Crippen LogP contribution < -0.4 is 4.74 Å². The van der Waals surface area contributed by atoms with E-state index in [1.807, 2.05) is 42.5 Å². The zero-order valence-electron chi connectivity index (χ0n) is 10.6. The van der Waals surface area contributed by atoms with Crippen LogP contribution in [0.4, 0.5) is 0 Å². The molecule has 20 heavy (non-hydrogen) atoms. The van der Waals surface area contributed by atoms with Crippen LogP contribution in [0.2, 0.25) is 0 Å². The number of rotatable bonds is 5. The Morgan fingerprint density at radius 2 is 2.00 bits per heavy atom. The molecule has 0 N–H and O–H groups in total. The number of ether oxygens (including phenoxy) is 1. The van der Waals surface area contributed by atoms with Gasteiger partial charge in [-0.05, 0) is 24.3 Å². The molecule has 3 aromatic rings. The lowest BCUT2D eigenvalue weighted by Crippen LogP contribution is -2.08. The molecule has 3 rings (SSSR count). The molecule has 6 heteroatoms. The van der Waals surface area contributed by atoms with Gasteiger partial charge in [0.2, 0.25) is 0 Å². The van der Waals surface area contributed by atoms with Crippen molar-refractivity contribution < 1.29 is 8.95 Å². The molecular weight excluding hydrogens is 292 g/mol. The van der Waals surface area contributed by atoms with Gasteiger partial charge in [0.15, 0.2) is 9.99 Å². The van der Waals surface area contributed by atoms with E-state index < -0.39 is 10.8 Å². The zero-order chi connectivity index (χ0) is 13.8. The predicted octanol–water partition coefficient (Wildman–Crippen LogP) is 2.88. The second kappa shape index (κ2) is 6.11. The standard InChI is InChI=1S/C14H12N2O2S2/c17-20(10-9-18-11-5-2-1-3-6-11)14-16-13-12(19-14)7-4-8-15-13/h1-8H,9-10H2/t20-/m0/s1. The number of benzene rings is 1. The molecule has 0 saturated heterocycles. The molecule has 0 aliphatic carbocycles. The van der Waals surface area contributed by atoms with Crippen LogP contribution in [-0.4, -0.2) is 26.5 Å². The van der Waals surface area contributed by atoms with Gasteiger partial charge in [-0.15, -0.1) is 11.3 Å². The molecule has 0 radical (unpaired) electrons. The first kappa shape index (κ1) is 13.2. The van der Waals surface area contributed by atoms with Crippen LogP contribution in [0, 0.1) is 0 Å². The van der Waals surface area contributed by atoms with Crippen molar-refractivity contribution in [3.63, 3.8) is 0 Å². The number of para-hydroxylation sites is 1. The van der Waals surface area contributed by atoms with Crippen LogP contribution in [0.25, 0.3) is 10.3 Å². The molecule has 0 aliphatic rings. The number of hydrogen-bond donors (Lipinski definition) is 0. The SMILES string of the molecule is O=[S@@](CCOc1ccccc1)c1nc2ncccc2s1. The van der Waals surface area contributed by atoms with Crippen LogP contribution in [0.15, 0.2) is 53.0 Å². The monoisotopic (exact) mass is 304 g/mol. The van der Waals surface area contributed by atoms with Gasteiger partial charge in [-0.3, -0.25) is 4.21 Å². The first-order valence-electron chi connectivity index (χ1n) is 6.11. The number of thiazole rings is 1. The van der Waals surface area contributed by atoms with Crippen LogP contribution >= 0.6 is 11.3 Å². The maximum absolute atomic E-state index is 12.2. The van der Waals surface area contributed by atoms with Crippen molar-refractivity contribution >= 4 is 32.5 Å². The summed E-state index contributed by atoms with van der Waals surface area (Å²) in [7, 11) is -1.15. The summed E-state index contributed by atoms with van der Waals surface area (Å²) in [6.07, 6.45) is 1.69. The summed E-state index contributed by atoms with van der Waals surface area (Å²) in [5.41, 5.74) is 0.657. The number of nitrogens with zero attached hydrogens (tertiary/aromatic N) is 2. The lowest BCUT2D eigenvalue weighted by molar-refractivity contribution is 0.342. The van der Waals surface area contributed by atoms with E-state index in [1.165, 1.54) is 11.3 Å². The molecule has 0 bridgehead atoms. The van der Waals surface area contributed by atoms with E-state index in [-0.39, 0.29) is 0 Å². The second-order valence-electron chi connectivity index (χ2n) is 4.02. The zero-order valence-corrected chi connectivity index (χ0v) is 12.2. The van der Waals surface area contributed by atoms with Gasteiger partial charge < -0.3 is 4.74 Å². The van der Waals surface area contributed by atoms with Gasteiger partial charge in [0.1, 0.15) is 12.4 Å². The quantitative estimate of drug-likeness (QED) is 0.727. The van der Waals surface area contributed by atoms with Crippen LogP contribution in [0.1, 0.15) is 0 Å². The van der Waals surface area contributed by atoms with E-state index in [0.717, 1.165) is 10.4 Å². The molecule has 0 saturated carbocycles. The molecule has 1 atom stereocenters. The highest BCUT2D eigenvalue weighted by atomic mass is 32.2. The average molecular weight is 304 g/mol. The van der Waals surface area contributed by atoms with Gasteiger partial charge in [-0.2, -0.15) is 0 Å². The van der Waals surface area contributed by atoms with E-state index in [0.29, 0.717) is 22.3 Å². The summed E-state index contributed by atoms with van der Waals surface area (Å²) in [5.74, 6) is 1.21. The summed E-state index contributed by atoms with van der Waals surface area (Å²) in [4.78, 5) is 8.44. The Balaban J connectivity index is 1.61. The minimum absolute atomic E-state index is 0.403. The summed E-state index contributed by atoms with van der Waals surface area (Å²) in [6, 6.07) is 13.3. The molecule has 2 aromatic heterocycles. The van der Waals surface area contributed by atoms with Crippen molar-refractivity contribution in [3.05, 3.63) is 48.7 Å². The van der Waals surface area contributed by atoms with Crippen molar-refractivity contribution in [2.24, 2.45) is 0 Å². The Bertz CT molecular complexity index is 695. The molecule has 0 fully saturated rings. The molecule has 0 unspecified atom stereocenters. The Morgan fingerprint density at radius 1 is 1.15 bits per heavy atom. The lowest BCUT2D eigenvalue weighted by atomic mass is 10.3. The van der Waals surface area contributed by atoms with Gasteiger partial charge in [0, 0.05) is 6.20 Å². The Kier molecular flexibility index (Phi) is 4.03. The van der Waals surface area contributed by atoms with Crippen LogP contribution in [0.5, 0.6) is 5.75 Å². The van der Waals surface area contributed by atoms with Gasteiger partial charge in [-0.1, -0.05) is 18.2 Å². The maximum atomic E-state index is 12.2. The topological polar surface area (TPSA) is 52.1 Å². The minimum atomic E-state index is -1.15. The van der Waals surface area contributed by atoms with E-state index in [2.05, 4.69) is 9.97 Å². The van der Waals surface area contributed by atoms with E-state index in [9.17, 15) is 4.21 Å². The van der Waals surface area contributed by atoms with E-state index in [4.69, 9.17) is 4.74 Å². The van der Waals surface area contributed by atoms with Gasteiger partial charge in [0.05, 0.1) is 21.3 Å². The van der Waals surface area contributed by atoms with Crippen molar-refractivity contribution in [2.45, 2.75) is 4.34 Å². The number of fused-ring (bicyclic) bond motifs is 1. The van der Waals surface area contributed by atoms with E-state index >= 15 is 0 Å². The number of aromatic nitrogens is 2. The number of hydrogen-bond acceptors (Lipinski definition) is 5. The molecule has 0 aliphatic heterocycles. The first-order valence-corrected chi connectivity index (χ1v) is 8.24. The highest BCUT2D eigenvalue weighted by molar-refractivity contribution is 7.87. The third-order valence-electron chi connectivity index (χ3n) is 2.62. The fraction of sp³-hybridized carbons (Fsp3) is 0.143. The van der Waals surface area contributed by atoms with Crippen molar-refractivity contribution in [1.29, 1.82) is 0 Å². The van der Waals surface area contributed by atoms with Crippen LogP contribution in [-0.2, 0) is 10.8 Å². The molecule has 2 heterocycles. The fourth-order valence-corrected chi connectivity index (χ4v) is 3.83. The predicted molar refractivity (Wildman–Crippen MR) is 80.6 cm³/mol. The summed E-state index contributed by atoms with van der Waals surface area (Å²) >= 11 is 1.42. The fourth-order valence-electron chi connectivity index (χ4n) is 1.69. The summed E-state index contributed by atoms with van der Waals surface area (Å²) < 4.78 is 19.3. The minimum Gasteiger partial charge on any atom is -0.493 e. The summed E-state index contributed by atoms with van der Waals surface area (Å²) in [6.45, 7) is 0.403.